The molecule has 0 radical (unpaired) electrons. The lowest BCUT2D eigenvalue weighted by molar-refractivity contribution is -0.146. The van der Waals surface area contributed by atoms with Gasteiger partial charge < -0.3 is 5.11 Å². The van der Waals surface area contributed by atoms with Crippen LogP contribution in [0.3, 0.4) is 0 Å². The van der Waals surface area contributed by atoms with E-state index in [0.717, 1.165) is 19.3 Å². The van der Waals surface area contributed by atoms with Gasteiger partial charge in [0.1, 0.15) is 5.78 Å². The molecule has 0 aromatic rings. The van der Waals surface area contributed by atoms with Gasteiger partial charge in [-0.3, -0.25) is 4.79 Å². The lowest BCUT2D eigenvalue weighted by Crippen LogP contribution is -2.52. The van der Waals surface area contributed by atoms with Gasteiger partial charge in [0.05, 0.1) is 6.10 Å². The molecule has 0 spiro atoms. The summed E-state index contributed by atoms with van der Waals surface area (Å²) >= 11 is 0. The zero-order chi connectivity index (χ0) is 11.8. The van der Waals surface area contributed by atoms with Crippen LogP contribution in [0.2, 0.25) is 0 Å². The van der Waals surface area contributed by atoms with Gasteiger partial charge in [0.25, 0.3) is 0 Å². The number of carbonyl (C=O) groups is 1. The summed E-state index contributed by atoms with van der Waals surface area (Å²) in [6.45, 7) is 6.74. The van der Waals surface area contributed by atoms with Crippen molar-refractivity contribution >= 4 is 5.78 Å². The fourth-order valence-electron chi connectivity index (χ4n) is 5.53. The second-order valence-electron chi connectivity index (χ2n) is 7.07. The maximum absolute atomic E-state index is 12.4. The van der Waals surface area contributed by atoms with E-state index < -0.39 is 0 Å². The molecule has 0 aromatic heterocycles. The van der Waals surface area contributed by atoms with Crippen molar-refractivity contribution in [3.8, 4) is 0 Å². The van der Waals surface area contributed by atoms with Crippen molar-refractivity contribution in [2.75, 3.05) is 0 Å². The van der Waals surface area contributed by atoms with Gasteiger partial charge in [-0.2, -0.15) is 0 Å². The highest BCUT2D eigenvalue weighted by Gasteiger charge is 2.74. The SMILES string of the molecule is CC1(C)CCC[C@]2(C)[C@@H]3CC(=O)[C@]12C[C@H]3O. The topological polar surface area (TPSA) is 37.3 Å². The van der Waals surface area contributed by atoms with Crippen molar-refractivity contribution < 1.29 is 9.90 Å². The van der Waals surface area contributed by atoms with Gasteiger partial charge in [-0.25, -0.2) is 0 Å². The average molecular weight is 222 g/mol. The van der Waals surface area contributed by atoms with Crippen LogP contribution in [-0.4, -0.2) is 17.0 Å². The highest BCUT2D eigenvalue weighted by atomic mass is 16.3. The molecule has 0 aliphatic heterocycles. The number of hydrogen-bond donors (Lipinski definition) is 1. The maximum atomic E-state index is 12.4. The fourth-order valence-corrected chi connectivity index (χ4v) is 5.53. The van der Waals surface area contributed by atoms with Crippen molar-refractivity contribution in [3.63, 3.8) is 0 Å². The van der Waals surface area contributed by atoms with E-state index in [1.165, 1.54) is 6.42 Å². The molecule has 3 rings (SSSR count). The van der Waals surface area contributed by atoms with Crippen LogP contribution in [0.5, 0.6) is 0 Å². The largest absolute Gasteiger partial charge is 0.393 e. The van der Waals surface area contributed by atoms with Crippen molar-refractivity contribution in [1.82, 2.24) is 0 Å². The van der Waals surface area contributed by atoms with Gasteiger partial charge in [0.15, 0.2) is 0 Å². The number of aliphatic hydroxyl groups excluding tert-OH is 1. The van der Waals surface area contributed by atoms with Crippen LogP contribution in [0.25, 0.3) is 0 Å². The smallest absolute Gasteiger partial charge is 0.140 e. The van der Waals surface area contributed by atoms with Crippen molar-refractivity contribution in [1.29, 1.82) is 0 Å². The Hall–Kier alpha value is -0.370. The second kappa shape index (κ2) is 2.72. The molecule has 3 fully saturated rings. The Kier molecular flexibility index (Phi) is 1.83. The number of rotatable bonds is 0. The number of carbonyl (C=O) groups excluding carboxylic acids is 1. The minimum absolute atomic E-state index is 0.0727. The van der Waals surface area contributed by atoms with E-state index in [9.17, 15) is 9.90 Å². The first kappa shape index (κ1) is 10.8. The normalized spacial score (nSPS) is 54.1. The molecule has 3 aliphatic carbocycles. The number of hydrogen-bond acceptors (Lipinski definition) is 2. The zero-order valence-corrected chi connectivity index (χ0v) is 10.5. The summed E-state index contributed by atoms with van der Waals surface area (Å²) in [5.41, 5.74) is -0.0725. The molecular formula is C14H22O2. The van der Waals surface area contributed by atoms with Crippen LogP contribution in [0.4, 0.5) is 0 Å². The zero-order valence-electron chi connectivity index (χ0n) is 10.5. The average Bonchev–Trinajstić information content (AvgIpc) is 2.51. The molecule has 0 unspecified atom stereocenters. The predicted octanol–water partition coefficient (Wildman–Crippen LogP) is 2.54. The van der Waals surface area contributed by atoms with Gasteiger partial charge in [-0.05, 0) is 36.0 Å². The number of Topliss-reactive ketones (excluding diaryl/α,β-unsaturated/α-hetero) is 1. The maximum Gasteiger partial charge on any atom is 0.140 e. The Balaban J connectivity index is 2.20. The third-order valence-corrected chi connectivity index (χ3v) is 6.31. The van der Waals surface area contributed by atoms with Crippen molar-refractivity contribution in [3.05, 3.63) is 0 Å². The summed E-state index contributed by atoms with van der Waals surface area (Å²) < 4.78 is 0. The highest BCUT2D eigenvalue weighted by molar-refractivity contribution is 5.91. The monoisotopic (exact) mass is 222 g/mol. The first-order chi connectivity index (χ1) is 7.35. The molecule has 2 heteroatoms. The number of aliphatic hydroxyl groups is 1. The summed E-state index contributed by atoms with van der Waals surface area (Å²) in [4.78, 5) is 12.4. The molecular weight excluding hydrogens is 200 g/mol. The van der Waals surface area contributed by atoms with E-state index in [2.05, 4.69) is 20.8 Å². The van der Waals surface area contributed by atoms with Crippen molar-refractivity contribution in [2.24, 2.45) is 22.2 Å². The molecule has 1 N–H and O–H groups in total. The number of ketones is 1. The Morgan fingerprint density at radius 3 is 2.56 bits per heavy atom. The predicted molar refractivity (Wildman–Crippen MR) is 61.9 cm³/mol. The molecule has 0 aromatic carbocycles. The van der Waals surface area contributed by atoms with Gasteiger partial charge in [-0.15, -0.1) is 0 Å². The van der Waals surface area contributed by atoms with Crippen LogP contribution < -0.4 is 0 Å². The van der Waals surface area contributed by atoms with Crippen LogP contribution in [0.1, 0.15) is 52.9 Å². The fraction of sp³-hybridized carbons (Fsp3) is 0.929. The van der Waals surface area contributed by atoms with Gasteiger partial charge in [0, 0.05) is 11.8 Å². The van der Waals surface area contributed by atoms with E-state index >= 15 is 0 Å². The quantitative estimate of drug-likeness (QED) is 0.684. The standard InChI is InChI=1S/C14H22O2/c1-12(2)5-4-6-13(3)9-7-11(16)14(12,13)8-10(9)15/h9-10,15H,4-8H2,1-3H3/t9-,10-,13-,14-/m1/s1. The molecule has 16 heavy (non-hydrogen) atoms. The van der Waals surface area contributed by atoms with Gasteiger partial charge >= 0.3 is 0 Å². The first-order valence-electron chi connectivity index (χ1n) is 6.57. The minimum atomic E-state index is -0.236. The molecule has 0 saturated heterocycles. The molecule has 2 bridgehead atoms. The van der Waals surface area contributed by atoms with E-state index in [4.69, 9.17) is 0 Å². The summed E-state index contributed by atoms with van der Waals surface area (Å²) in [6.07, 6.45) is 4.58. The van der Waals surface area contributed by atoms with Crippen LogP contribution in [0, 0.1) is 22.2 Å². The summed E-state index contributed by atoms with van der Waals surface area (Å²) in [5.74, 6) is 0.676. The van der Waals surface area contributed by atoms with E-state index in [1.807, 2.05) is 0 Å². The lowest BCUT2D eigenvalue weighted by atomic mass is 9.48. The highest BCUT2D eigenvalue weighted by Crippen LogP contribution is 2.74. The third kappa shape index (κ3) is 0.848. The van der Waals surface area contributed by atoms with E-state index in [0.29, 0.717) is 12.2 Å². The third-order valence-electron chi connectivity index (χ3n) is 6.31. The lowest BCUT2D eigenvalue weighted by Gasteiger charge is -2.54. The summed E-state index contributed by atoms with van der Waals surface area (Å²) in [6, 6.07) is 0. The Labute approximate surface area is 97.4 Å². The summed E-state index contributed by atoms with van der Waals surface area (Å²) in [7, 11) is 0. The van der Waals surface area contributed by atoms with E-state index in [-0.39, 0.29) is 28.3 Å². The van der Waals surface area contributed by atoms with Crippen LogP contribution in [-0.2, 0) is 4.79 Å². The molecule has 0 heterocycles. The Bertz CT molecular complexity index is 360. The van der Waals surface area contributed by atoms with Crippen molar-refractivity contribution in [2.45, 2.75) is 59.0 Å². The van der Waals surface area contributed by atoms with Crippen LogP contribution >= 0.6 is 0 Å². The van der Waals surface area contributed by atoms with Gasteiger partial charge in [0.2, 0.25) is 0 Å². The Morgan fingerprint density at radius 2 is 1.94 bits per heavy atom. The molecule has 90 valence electrons. The molecule has 4 atom stereocenters. The molecule has 3 saturated carbocycles. The van der Waals surface area contributed by atoms with Gasteiger partial charge in [-0.1, -0.05) is 27.2 Å². The molecule has 3 aliphatic rings. The van der Waals surface area contributed by atoms with Crippen LogP contribution in [0.15, 0.2) is 0 Å². The summed E-state index contributed by atoms with van der Waals surface area (Å²) in [5, 5.41) is 10.2. The minimum Gasteiger partial charge on any atom is -0.393 e. The molecule has 0 amide bonds. The molecule has 2 nitrogen and oxygen atoms in total. The second-order valence-corrected chi connectivity index (χ2v) is 7.07. The Morgan fingerprint density at radius 1 is 1.25 bits per heavy atom. The van der Waals surface area contributed by atoms with E-state index in [1.54, 1.807) is 0 Å². The first-order valence-corrected chi connectivity index (χ1v) is 6.57.